The van der Waals surface area contributed by atoms with Gasteiger partial charge in [-0.15, -0.1) is 0 Å². The van der Waals surface area contributed by atoms with Crippen molar-refractivity contribution in [1.29, 1.82) is 0 Å². The van der Waals surface area contributed by atoms with E-state index in [2.05, 4.69) is 30.7 Å². The van der Waals surface area contributed by atoms with Gasteiger partial charge in [0.15, 0.2) is 0 Å². The fraction of sp³-hybridized carbons (Fsp3) is 0.333. The fourth-order valence-electron chi connectivity index (χ4n) is 2.91. The van der Waals surface area contributed by atoms with Crippen molar-refractivity contribution in [2.45, 2.75) is 26.4 Å². The van der Waals surface area contributed by atoms with Crippen LogP contribution in [0, 0.1) is 5.92 Å². The Labute approximate surface area is 134 Å². The van der Waals surface area contributed by atoms with E-state index in [1.54, 1.807) is 0 Å². The Kier molecular flexibility index (Phi) is 4.77. The number of benzene rings is 2. The largest absolute Gasteiger partial charge is 0.801 e. The highest BCUT2D eigenvalue weighted by atomic mass is 31.2. The Morgan fingerprint density at radius 2 is 1.64 bits per heavy atom. The molecule has 1 aliphatic rings. The second kappa shape index (κ2) is 6.78. The first-order valence-corrected chi connectivity index (χ1v) is 8.93. The lowest BCUT2D eigenvalue weighted by Gasteiger charge is -2.38. The summed E-state index contributed by atoms with van der Waals surface area (Å²) in [5.74, 6) is 0.469. The number of hydrogen-bond donors (Lipinski definition) is 0. The molecule has 1 fully saturated rings. The van der Waals surface area contributed by atoms with Gasteiger partial charge in [-0.25, -0.2) is 0 Å². The van der Waals surface area contributed by atoms with Crippen LogP contribution >= 0.6 is 8.45 Å². The molecule has 2 aromatic rings. The number of para-hydroxylation sites is 1. The minimum Gasteiger partial charge on any atom is -0.801 e. The zero-order valence-corrected chi connectivity index (χ0v) is 14.0. The first-order chi connectivity index (χ1) is 10.7. The number of anilines is 1. The van der Waals surface area contributed by atoms with Crippen LogP contribution in [0.3, 0.4) is 0 Å². The van der Waals surface area contributed by atoms with Gasteiger partial charge in [0.2, 0.25) is 0 Å². The van der Waals surface area contributed by atoms with Crippen LogP contribution in [0.25, 0.3) is 0 Å². The van der Waals surface area contributed by atoms with E-state index >= 15 is 0 Å². The van der Waals surface area contributed by atoms with E-state index in [0.717, 1.165) is 18.8 Å². The van der Waals surface area contributed by atoms with E-state index < -0.39 is 8.45 Å². The molecule has 116 valence electrons. The summed E-state index contributed by atoms with van der Waals surface area (Å²) >= 11 is 0. The van der Waals surface area contributed by atoms with Crippen LogP contribution in [0.2, 0.25) is 0 Å². The van der Waals surface area contributed by atoms with Gasteiger partial charge in [-0.05, 0) is 32.1 Å². The molecule has 0 aromatic heterocycles. The van der Waals surface area contributed by atoms with Crippen LogP contribution in [0.4, 0.5) is 5.69 Å². The van der Waals surface area contributed by atoms with Gasteiger partial charge in [0.25, 0.3) is 0 Å². The third-order valence-corrected chi connectivity index (χ3v) is 5.87. The first-order valence-electron chi connectivity index (χ1n) is 7.77. The molecular formula is C18H22N2OP-. The van der Waals surface area contributed by atoms with Gasteiger partial charge in [-0.3, -0.25) is 4.67 Å². The van der Waals surface area contributed by atoms with E-state index in [1.165, 1.54) is 5.56 Å². The average molecular weight is 313 g/mol. The first kappa shape index (κ1) is 15.5. The monoisotopic (exact) mass is 313 g/mol. The van der Waals surface area contributed by atoms with Crippen molar-refractivity contribution < 1.29 is 4.89 Å². The third-order valence-electron chi connectivity index (χ3n) is 4.18. The second-order valence-corrected chi connectivity index (χ2v) is 7.57. The van der Waals surface area contributed by atoms with Crippen molar-refractivity contribution in [2.24, 2.45) is 5.92 Å². The van der Waals surface area contributed by atoms with E-state index in [1.807, 2.05) is 53.2 Å². The topological polar surface area (TPSA) is 29.5 Å². The van der Waals surface area contributed by atoms with Gasteiger partial charge >= 0.3 is 0 Å². The smallest absolute Gasteiger partial charge is 0.0399 e. The maximum atomic E-state index is 13.0. The van der Waals surface area contributed by atoms with Gasteiger partial charge < -0.3 is 9.56 Å². The van der Waals surface area contributed by atoms with Crippen molar-refractivity contribution in [3.8, 4) is 0 Å². The molecule has 1 saturated heterocycles. The molecule has 1 aliphatic heterocycles. The van der Waals surface area contributed by atoms with Crippen molar-refractivity contribution in [3.05, 3.63) is 66.2 Å². The summed E-state index contributed by atoms with van der Waals surface area (Å²) in [4.78, 5) is 13.0. The molecule has 2 atom stereocenters. The van der Waals surface area contributed by atoms with Gasteiger partial charge in [0.05, 0.1) is 0 Å². The molecule has 1 heterocycles. The quantitative estimate of drug-likeness (QED) is 0.808. The van der Waals surface area contributed by atoms with Gasteiger partial charge in [0.1, 0.15) is 0 Å². The normalized spacial score (nSPS) is 22.5. The second-order valence-electron chi connectivity index (χ2n) is 6.06. The van der Waals surface area contributed by atoms with Crippen molar-refractivity contribution in [1.82, 2.24) is 4.67 Å². The summed E-state index contributed by atoms with van der Waals surface area (Å²) in [6.45, 7) is 5.98. The SMILES string of the molecule is CC(C)[C@H]1CN(c2ccccc2)P([O-])N1Cc1ccccc1. The highest BCUT2D eigenvalue weighted by Gasteiger charge is 2.35. The maximum absolute atomic E-state index is 13.0. The van der Waals surface area contributed by atoms with Gasteiger partial charge in [-0.1, -0.05) is 62.4 Å². The Balaban J connectivity index is 1.84. The molecule has 1 unspecified atom stereocenters. The lowest BCUT2D eigenvalue weighted by Crippen LogP contribution is -2.33. The van der Waals surface area contributed by atoms with Crippen LogP contribution in [-0.2, 0) is 6.54 Å². The van der Waals surface area contributed by atoms with Crippen LogP contribution in [0.1, 0.15) is 19.4 Å². The standard InChI is InChI=1S/C18H22N2OP/c1-15(2)18-14-19(17-11-7-4-8-12-17)22(21)20(18)13-16-9-5-3-6-10-16/h3-12,15,18H,13-14H2,1-2H3/q-1/t18-,22?/m1/s1. The average Bonchev–Trinajstić information content (AvgIpc) is 2.87. The lowest BCUT2D eigenvalue weighted by molar-refractivity contribution is -0.170. The molecule has 0 N–H and O–H groups in total. The molecule has 22 heavy (non-hydrogen) atoms. The number of nitrogens with zero attached hydrogens (tertiary/aromatic N) is 2. The number of rotatable bonds is 4. The Bertz CT molecular complexity index is 591. The molecule has 0 bridgehead atoms. The zero-order chi connectivity index (χ0) is 15.5. The Morgan fingerprint density at radius 3 is 2.23 bits per heavy atom. The summed E-state index contributed by atoms with van der Waals surface area (Å²) in [5.41, 5.74) is 2.26. The van der Waals surface area contributed by atoms with Crippen LogP contribution < -0.4 is 9.56 Å². The number of hydrogen-bond acceptors (Lipinski definition) is 3. The van der Waals surface area contributed by atoms with Crippen molar-refractivity contribution >= 4 is 14.1 Å². The molecule has 3 rings (SSSR count). The minimum atomic E-state index is -1.55. The lowest BCUT2D eigenvalue weighted by atomic mass is 10.0. The molecule has 0 saturated carbocycles. The van der Waals surface area contributed by atoms with E-state index in [9.17, 15) is 4.89 Å². The Morgan fingerprint density at radius 1 is 1.05 bits per heavy atom. The van der Waals surface area contributed by atoms with Crippen LogP contribution in [-0.4, -0.2) is 17.3 Å². The molecule has 0 radical (unpaired) electrons. The molecule has 0 amide bonds. The molecule has 0 spiro atoms. The molecular weight excluding hydrogens is 291 g/mol. The van der Waals surface area contributed by atoms with Crippen LogP contribution in [0.15, 0.2) is 60.7 Å². The van der Waals surface area contributed by atoms with Crippen molar-refractivity contribution in [3.63, 3.8) is 0 Å². The third kappa shape index (κ3) is 3.17. The predicted molar refractivity (Wildman–Crippen MR) is 91.3 cm³/mol. The van der Waals surface area contributed by atoms with Crippen molar-refractivity contribution in [2.75, 3.05) is 11.2 Å². The van der Waals surface area contributed by atoms with Gasteiger partial charge in [0, 0.05) is 24.8 Å². The van der Waals surface area contributed by atoms with E-state index in [-0.39, 0.29) is 0 Å². The summed E-state index contributed by atoms with van der Waals surface area (Å²) in [6, 6.07) is 20.7. The molecule has 3 nitrogen and oxygen atoms in total. The molecule has 2 aromatic carbocycles. The Hall–Kier alpha value is -1.41. The summed E-state index contributed by atoms with van der Waals surface area (Å²) in [6.07, 6.45) is 0. The maximum Gasteiger partial charge on any atom is 0.0399 e. The summed E-state index contributed by atoms with van der Waals surface area (Å²) < 4.78 is 4.20. The fourth-order valence-corrected chi connectivity index (χ4v) is 4.71. The van der Waals surface area contributed by atoms with E-state index in [4.69, 9.17) is 0 Å². The molecule has 0 aliphatic carbocycles. The molecule has 4 heteroatoms. The highest BCUT2D eigenvalue weighted by molar-refractivity contribution is 7.49. The van der Waals surface area contributed by atoms with Crippen LogP contribution in [0.5, 0.6) is 0 Å². The summed E-state index contributed by atoms with van der Waals surface area (Å²) in [5, 5.41) is 0. The zero-order valence-electron chi connectivity index (χ0n) is 13.1. The predicted octanol–water partition coefficient (Wildman–Crippen LogP) is 3.62. The van der Waals surface area contributed by atoms with E-state index in [0.29, 0.717) is 12.0 Å². The summed E-state index contributed by atoms with van der Waals surface area (Å²) in [7, 11) is -1.55. The highest BCUT2D eigenvalue weighted by Crippen LogP contribution is 2.49. The van der Waals surface area contributed by atoms with Gasteiger partial charge in [-0.2, -0.15) is 0 Å². The minimum absolute atomic E-state index is 0.309.